The van der Waals surface area contributed by atoms with Crippen molar-refractivity contribution in [2.75, 3.05) is 0 Å². The molecular weight excluding hydrogens is 257 g/mol. The Balaban J connectivity index is 0.000000105. The Morgan fingerprint density at radius 2 is 0.875 bits per heavy atom. The van der Waals surface area contributed by atoms with Gasteiger partial charge in [0.2, 0.25) is 0 Å². The van der Waals surface area contributed by atoms with Gasteiger partial charge in [-0.1, -0.05) is 0 Å². The summed E-state index contributed by atoms with van der Waals surface area (Å²) in [5, 5.41) is 0. The van der Waals surface area contributed by atoms with E-state index in [1.54, 1.807) is 48.2 Å². The van der Waals surface area contributed by atoms with Gasteiger partial charge in [0, 0.05) is 0 Å². The summed E-state index contributed by atoms with van der Waals surface area (Å²) in [6.45, 7) is -2.28. The van der Waals surface area contributed by atoms with Gasteiger partial charge >= 0.3 is 54.7 Å². The van der Waals surface area contributed by atoms with E-state index in [0.717, 1.165) is 0 Å². The van der Waals surface area contributed by atoms with Crippen LogP contribution in [0.3, 0.4) is 0 Å². The van der Waals surface area contributed by atoms with Crippen LogP contribution in [0.25, 0.3) is 0 Å². The van der Waals surface area contributed by atoms with Crippen molar-refractivity contribution in [1.82, 2.24) is 0 Å². The fourth-order valence-corrected chi connectivity index (χ4v) is 88.0. The summed E-state index contributed by atoms with van der Waals surface area (Å²) < 4.78 is 30.7. The van der Waals surface area contributed by atoms with Gasteiger partial charge in [-0.25, -0.2) is 4.39 Å². The molecule has 0 N–H and O–H groups in total. The second kappa shape index (κ2) is 0.475. The van der Waals surface area contributed by atoms with Crippen molar-refractivity contribution in [3.8, 4) is 0 Å². The Morgan fingerprint density at radius 3 is 0.875 bits per heavy atom. The predicted octanol–water partition coefficient (Wildman–Crippen LogP) is 5.07. The van der Waals surface area contributed by atoms with Gasteiger partial charge in [-0.15, -0.1) is 0 Å². The van der Waals surface area contributed by atoms with Crippen LogP contribution in [0.1, 0.15) is 0 Å². The molecule has 0 radical (unpaired) electrons. The summed E-state index contributed by atoms with van der Waals surface area (Å²) in [5.41, 5.74) is 0. The van der Waals surface area contributed by atoms with Crippen LogP contribution in [0, 0.1) is 0 Å². The second-order valence-electron chi connectivity index (χ2n) is 9.98. The van der Waals surface area contributed by atoms with Crippen molar-refractivity contribution < 1.29 is 19.7 Å². The summed E-state index contributed by atoms with van der Waals surface area (Å²) in [4.78, 5) is 15.9. The van der Waals surface area contributed by atoms with E-state index >= 15 is 0 Å². The second-order valence-corrected chi connectivity index (χ2v) is 33.9. The standard InChI is InChI=1S/2C5H5.C2HF3.Fe/c2*1-2-4-5-3-1;3-1-2(4)5;/h2*1-5H;1H;. The first-order valence-corrected chi connectivity index (χ1v) is 12.6. The molecule has 10 heterocycles. The first-order chi connectivity index (χ1) is 7.43. The molecule has 0 nitrogen and oxygen atoms in total. The molecule has 0 amide bonds. The molecule has 0 aromatic carbocycles. The van der Waals surface area contributed by atoms with Crippen LogP contribution >= 0.6 is 0 Å². The van der Waals surface area contributed by atoms with Gasteiger partial charge in [-0.2, -0.15) is 8.78 Å². The van der Waals surface area contributed by atoms with Crippen LogP contribution in [0.2, 0.25) is 48.2 Å². The molecule has 10 saturated heterocycles. The molecule has 0 aromatic rings. The van der Waals surface area contributed by atoms with E-state index in [0.29, 0.717) is 0 Å². The van der Waals surface area contributed by atoms with Crippen LogP contribution in [0.4, 0.5) is 13.2 Å². The van der Waals surface area contributed by atoms with E-state index in [9.17, 15) is 13.2 Å². The Morgan fingerprint density at radius 1 is 0.688 bits per heavy atom. The number of rotatable bonds is 0. The predicted molar refractivity (Wildman–Crippen MR) is 48.9 cm³/mol. The van der Waals surface area contributed by atoms with E-state index in [4.69, 9.17) is 0 Å². The SMILES string of the molecule is FC=C(F)F.[CH]12[CH]3[CH]4[CH]5[CH]1[Fe]23451678[CH]2[CH]1[CH]6[CH]7[CH]28. The molecule has 0 saturated carbocycles. The molecule has 1 spiro atoms. The van der Waals surface area contributed by atoms with Gasteiger partial charge in [-0.05, 0) is 0 Å². The molecule has 0 aromatic heterocycles. The molecule has 10 fully saturated rings. The zero-order valence-corrected chi connectivity index (χ0v) is 9.44. The monoisotopic (exact) mass is 268 g/mol. The molecule has 16 heavy (non-hydrogen) atoms. The molecule has 10 aliphatic rings. The van der Waals surface area contributed by atoms with E-state index in [-0.39, 0.29) is 0 Å². The summed E-state index contributed by atoms with van der Waals surface area (Å²) in [7, 11) is 0. The van der Waals surface area contributed by atoms with Crippen molar-refractivity contribution >= 4 is 0 Å². The van der Waals surface area contributed by atoms with Gasteiger partial charge in [0.1, 0.15) is 0 Å². The van der Waals surface area contributed by atoms with E-state index in [2.05, 4.69) is 0 Å². The average Bonchev–Trinajstić information content (AvgIpc) is 3.21. The van der Waals surface area contributed by atoms with Crippen molar-refractivity contribution in [2.24, 2.45) is 0 Å². The van der Waals surface area contributed by atoms with Crippen LogP contribution in [0.5, 0.6) is 0 Å². The van der Waals surface area contributed by atoms with Crippen LogP contribution in [-0.4, -0.2) is 0 Å². The van der Waals surface area contributed by atoms with Gasteiger partial charge in [-0.3, -0.25) is 0 Å². The maximum absolute atomic E-state index is 10.2. The molecule has 10 rings (SSSR count). The van der Waals surface area contributed by atoms with E-state index < -0.39 is 18.9 Å². The van der Waals surface area contributed by atoms with E-state index in [1.807, 2.05) is 0 Å². The molecule has 0 bridgehead atoms. The molecular formula is C12H11F3Fe. The fraction of sp³-hybridized carbons (Fsp3) is 0.833. The maximum atomic E-state index is 10.2. The van der Waals surface area contributed by atoms with Crippen molar-refractivity contribution in [3.63, 3.8) is 0 Å². The minimum absolute atomic E-state index is 0.750. The number of fused-ring (bicyclic) bond motifs is 10. The summed E-state index contributed by atoms with van der Waals surface area (Å²) in [6, 6.07) is 0. The minimum atomic E-state index is -2.29. The topological polar surface area (TPSA) is 0 Å². The first kappa shape index (κ1) is 6.28. The zero-order valence-electron chi connectivity index (χ0n) is 8.34. The summed E-state index contributed by atoms with van der Waals surface area (Å²) in [5.74, 6) is 0. The zero-order chi connectivity index (χ0) is 10.4. The third kappa shape index (κ3) is 0.0586. The van der Waals surface area contributed by atoms with Crippen LogP contribution < -0.4 is 0 Å². The van der Waals surface area contributed by atoms with Crippen molar-refractivity contribution in [2.45, 2.75) is 48.2 Å². The first-order valence-electron chi connectivity index (χ1n) is 6.26. The molecule has 10 aliphatic heterocycles. The number of hydrogen-bond donors (Lipinski definition) is 0. The molecule has 88 valence electrons. The molecule has 0 aliphatic carbocycles. The van der Waals surface area contributed by atoms with Gasteiger partial charge < -0.3 is 0 Å². The van der Waals surface area contributed by atoms with Gasteiger partial charge in [0.15, 0.2) is 6.33 Å². The number of hydrogen-bond acceptors (Lipinski definition) is 0. The van der Waals surface area contributed by atoms with Gasteiger partial charge in [0.05, 0.1) is 0 Å². The third-order valence-corrected chi connectivity index (χ3v) is 56.6. The Kier molecular flexibility index (Phi) is 0.187. The number of halogens is 3. The summed E-state index contributed by atoms with van der Waals surface area (Å²) in [6.07, 6.45) is -3.04. The Hall–Kier alpha value is 0.0495. The normalized spacial score (nSPS) is 120. The molecule has 0 unspecified atom stereocenters. The average molecular weight is 268 g/mol. The van der Waals surface area contributed by atoms with Gasteiger partial charge in [0.25, 0.3) is 6.08 Å². The molecule has 0 atom stereocenters. The fourth-order valence-electron chi connectivity index (χ4n) is 15.8. The van der Waals surface area contributed by atoms with Crippen molar-refractivity contribution in [1.29, 1.82) is 0 Å². The van der Waals surface area contributed by atoms with Crippen LogP contribution in [0.15, 0.2) is 12.4 Å². The van der Waals surface area contributed by atoms with Crippen LogP contribution in [-0.2, 0) is 6.51 Å². The molecule has 4 heteroatoms. The Labute approximate surface area is 80.6 Å². The summed E-state index contributed by atoms with van der Waals surface area (Å²) >= 11 is 0. The van der Waals surface area contributed by atoms with E-state index in [1.165, 1.54) is 0 Å². The van der Waals surface area contributed by atoms with Crippen molar-refractivity contribution in [3.05, 3.63) is 12.4 Å². The third-order valence-electron chi connectivity index (χ3n) is 14.6. The Bertz CT molecular complexity index is 698. The quantitative estimate of drug-likeness (QED) is 0.538.